The van der Waals surface area contributed by atoms with Crippen LogP contribution >= 0.6 is 11.6 Å². The summed E-state index contributed by atoms with van der Waals surface area (Å²) in [6.45, 7) is 8.46. The first-order chi connectivity index (χ1) is 8.45. The summed E-state index contributed by atoms with van der Waals surface area (Å²) in [5, 5.41) is 13.3. The summed E-state index contributed by atoms with van der Waals surface area (Å²) in [6.07, 6.45) is 1.39. The van der Waals surface area contributed by atoms with Crippen molar-refractivity contribution in [3.63, 3.8) is 0 Å². The van der Waals surface area contributed by atoms with Gasteiger partial charge < -0.3 is 10.4 Å². The lowest BCUT2D eigenvalue weighted by Crippen LogP contribution is -2.20. The van der Waals surface area contributed by atoms with Gasteiger partial charge >= 0.3 is 0 Å². The van der Waals surface area contributed by atoms with Crippen LogP contribution in [0.1, 0.15) is 50.9 Å². The van der Waals surface area contributed by atoms with Gasteiger partial charge in [0.2, 0.25) is 0 Å². The van der Waals surface area contributed by atoms with Crippen molar-refractivity contribution < 1.29 is 5.11 Å². The van der Waals surface area contributed by atoms with Crippen molar-refractivity contribution in [3.05, 3.63) is 16.5 Å². The molecule has 1 atom stereocenters. The second-order valence-corrected chi connectivity index (χ2v) is 5.18. The average molecular weight is 272 g/mol. The third-order valence-corrected chi connectivity index (χ3v) is 3.12. The summed E-state index contributed by atoms with van der Waals surface area (Å²) < 4.78 is 0. The Bertz CT molecular complexity index is 396. The third kappa shape index (κ3) is 4.10. The number of aromatic nitrogens is 2. The van der Waals surface area contributed by atoms with Crippen LogP contribution in [0.3, 0.4) is 0 Å². The van der Waals surface area contributed by atoms with E-state index in [-0.39, 0.29) is 12.0 Å². The zero-order chi connectivity index (χ0) is 13.7. The summed E-state index contributed by atoms with van der Waals surface area (Å²) in [5.41, 5.74) is 0.824. The largest absolute Gasteiger partial charge is 0.391 e. The lowest BCUT2D eigenvalue weighted by molar-refractivity contribution is 0.176. The molecule has 0 aliphatic carbocycles. The molecule has 2 N–H and O–H groups in total. The maximum absolute atomic E-state index is 9.71. The van der Waals surface area contributed by atoms with E-state index < -0.39 is 0 Å². The molecule has 0 spiro atoms. The number of hydrogen-bond donors (Lipinski definition) is 2. The molecule has 0 fully saturated rings. The van der Waals surface area contributed by atoms with Gasteiger partial charge in [0.25, 0.3) is 0 Å². The number of aliphatic hydroxyl groups excluding tert-OH is 1. The van der Waals surface area contributed by atoms with E-state index in [1.54, 1.807) is 0 Å². The Morgan fingerprint density at radius 2 is 2.00 bits per heavy atom. The van der Waals surface area contributed by atoms with Crippen LogP contribution in [-0.2, 0) is 0 Å². The second-order valence-electron chi connectivity index (χ2n) is 4.82. The summed E-state index contributed by atoms with van der Waals surface area (Å²) in [5.74, 6) is 1.66. The van der Waals surface area contributed by atoms with Crippen LogP contribution < -0.4 is 5.32 Å². The van der Waals surface area contributed by atoms with Crippen LogP contribution in [0.2, 0.25) is 5.15 Å². The molecule has 102 valence electrons. The maximum Gasteiger partial charge on any atom is 0.137 e. The highest BCUT2D eigenvalue weighted by Gasteiger charge is 2.12. The topological polar surface area (TPSA) is 58.0 Å². The van der Waals surface area contributed by atoms with Gasteiger partial charge in [0, 0.05) is 18.0 Å². The molecule has 1 heterocycles. The van der Waals surface area contributed by atoms with E-state index in [0.717, 1.165) is 24.2 Å². The van der Waals surface area contributed by atoms with Crippen molar-refractivity contribution in [2.45, 2.75) is 52.6 Å². The average Bonchev–Trinajstić information content (AvgIpc) is 2.31. The first kappa shape index (κ1) is 15.2. The predicted octanol–water partition coefficient (Wildman–Crippen LogP) is 3.13. The molecular weight excluding hydrogens is 250 g/mol. The smallest absolute Gasteiger partial charge is 0.137 e. The molecule has 1 aromatic heterocycles. The number of halogens is 1. The number of nitrogens with zero attached hydrogens (tertiary/aromatic N) is 2. The molecule has 0 radical (unpaired) electrons. The fraction of sp³-hybridized carbons (Fsp3) is 0.692. The summed E-state index contributed by atoms with van der Waals surface area (Å²) in [4.78, 5) is 8.70. The Balaban J connectivity index is 2.81. The molecule has 5 heteroatoms. The van der Waals surface area contributed by atoms with Crippen molar-refractivity contribution >= 4 is 17.4 Å². The van der Waals surface area contributed by atoms with E-state index in [4.69, 9.17) is 11.6 Å². The first-order valence-electron chi connectivity index (χ1n) is 6.41. The van der Waals surface area contributed by atoms with Crippen LogP contribution in [0, 0.1) is 6.92 Å². The molecule has 1 aromatic rings. The van der Waals surface area contributed by atoms with Crippen LogP contribution in [0.25, 0.3) is 0 Å². The lowest BCUT2D eigenvalue weighted by Gasteiger charge is -2.15. The Morgan fingerprint density at radius 3 is 2.56 bits per heavy atom. The van der Waals surface area contributed by atoms with Crippen LogP contribution in [0.4, 0.5) is 5.82 Å². The van der Waals surface area contributed by atoms with Crippen molar-refractivity contribution in [2.24, 2.45) is 0 Å². The van der Waals surface area contributed by atoms with Gasteiger partial charge in [-0.25, -0.2) is 9.97 Å². The van der Waals surface area contributed by atoms with E-state index in [0.29, 0.717) is 17.5 Å². The highest BCUT2D eigenvalue weighted by Crippen LogP contribution is 2.22. The molecule has 0 aliphatic rings. The van der Waals surface area contributed by atoms with Gasteiger partial charge in [-0.15, -0.1) is 0 Å². The molecule has 1 unspecified atom stereocenters. The lowest BCUT2D eigenvalue weighted by atomic mass is 10.2. The number of anilines is 1. The normalized spacial score (nSPS) is 12.8. The van der Waals surface area contributed by atoms with Gasteiger partial charge in [0.05, 0.1) is 6.10 Å². The SMILES string of the molecule is CCCC(O)CNc1nc(C(C)C)nc(Cl)c1C. The number of rotatable bonds is 6. The standard InChI is InChI=1S/C13H22ClN3O/c1-5-6-10(18)7-15-13-9(4)11(14)16-12(17-13)8(2)3/h8,10,18H,5-7H2,1-4H3,(H,15,16,17). The monoisotopic (exact) mass is 271 g/mol. The number of hydrogen-bond acceptors (Lipinski definition) is 4. The zero-order valence-electron chi connectivity index (χ0n) is 11.5. The minimum atomic E-state index is -0.356. The van der Waals surface area contributed by atoms with Crippen molar-refractivity contribution in [3.8, 4) is 0 Å². The highest BCUT2D eigenvalue weighted by molar-refractivity contribution is 6.30. The minimum absolute atomic E-state index is 0.226. The van der Waals surface area contributed by atoms with Crippen molar-refractivity contribution in [1.82, 2.24) is 9.97 Å². The summed E-state index contributed by atoms with van der Waals surface area (Å²) >= 11 is 6.09. The first-order valence-corrected chi connectivity index (χ1v) is 6.79. The van der Waals surface area contributed by atoms with Gasteiger partial charge in [0.1, 0.15) is 16.8 Å². The van der Waals surface area contributed by atoms with Gasteiger partial charge in [-0.2, -0.15) is 0 Å². The predicted molar refractivity (Wildman–Crippen MR) is 75.3 cm³/mol. The summed E-state index contributed by atoms with van der Waals surface area (Å²) in [7, 11) is 0. The molecule has 4 nitrogen and oxygen atoms in total. The van der Waals surface area contributed by atoms with Gasteiger partial charge in [0.15, 0.2) is 0 Å². The maximum atomic E-state index is 9.71. The molecule has 0 saturated heterocycles. The van der Waals surface area contributed by atoms with Gasteiger partial charge in [-0.3, -0.25) is 0 Å². The Hall–Kier alpha value is -0.870. The molecule has 0 aliphatic heterocycles. The molecule has 0 bridgehead atoms. The number of aliphatic hydroxyl groups is 1. The summed E-state index contributed by atoms with van der Waals surface area (Å²) in [6, 6.07) is 0. The molecule has 18 heavy (non-hydrogen) atoms. The third-order valence-electron chi connectivity index (χ3n) is 2.75. The van der Waals surface area contributed by atoms with Crippen molar-refractivity contribution in [2.75, 3.05) is 11.9 Å². The fourth-order valence-corrected chi connectivity index (χ4v) is 1.76. The number of nitrogens with one attached hydrogen (secondary N) is 1. The fourth-order valence-electron chi connectivity index (χ4n) is 1.59. The van der Waals surface area contributed by atoms with E-state index in [9.17, 15) is 5.11 Å². The molecule has 0 amide bonds. The zero-order valence-corrected chi connectivity index (χ0v) is 12.3. The Morgan fingerprint density at radius 1 is 1.33 bits per heavy atom. The van der Waals surface area contributed by atoms with E-state index in [1.165, 1.54) is 0 Å². The van der Waals surface area contributed by atoms with Gasteiger partial charge in [-0.1, -0.05) is 38.8 Å². The van der Waals surface area contributed by atoms with Crippen LogP contribution in [-0.4, -0.2) is 27.7 Å². The Kier molecular flexibility index (Phi) is 5.82. The molecule has 0 saturated carbocycles. The molecular formula is C13H22ClN3O. The van der Waals surface area contributed by atoms with E-state index in [1.807, 2.05) is 27.7 Å². The quantitative estimate of drug-likeness (QED) is 0.781. The second kappa shape index (κ2) is 6.90. The van der Waals surface area contributed by atoms with E-state index >= 15 is 0 Å². The highest BCUT2D eigenvalue weighted by atomic mass is 35.5. The van der Waals surface area contributed by atoms with Crippen LogP contribution in [0.15, 0.2) is 0 Å². The van der Waals surface area contributed by atoms with E-state index in [2.05, 4.69) is 15.3 Å². The van der Waals surface area contributed by atoms with Gasteiger partial charge in [-0.05, 0) is 13.3 Å². The molecule has 0 aromatic carbocycles. The van der Waals surface area contributed by atoms with Crippen molar-refractivity contribution in [1.29, 1.82) is 0 Å². The van der Waals surface area contributed by atoms with Crippen LogP contribution in [0.5, 0.6) is 0 Å². The Labute approximate surface area is 114 Å². The minimum Gasteiger partial charge on any atom is -0.391 e. The molecule has 1 rings (SSSR count).